The molecule has 0 spiro atoms. The van der Waals surface area contributed by atoms with Gasteiger partial charge < -0.3 is 15.8 Å². The predicted molar refractivity (Wildman–Crippen MR) is 63.7 cm³/mol. The number of benzene rings is 1. The molecule has 0 saturated heterocycles. The molecule has 0 fully saturated rings. The molecule has 0 atom stereocenters. The summed E-state index contributed by atoms with van der Waals surface area (Å²) in [5.74, 6) is -0.341. The summed E-state index contributed by atoms with van der Waals surface area (Å²) in [6, 6.07) is 5.69. The van der Waals surface area contributed by atoms with E-state index in [9.17, 15) is 13.6 Å². The second-order valence-electron chi connectivity index (χ2n) is 3.66. The first-order valence-corrected chi connectivity index (χ1v) is 5.66. The van der Waals surface area contributed by atoms with E-state index in [0.29, 0.717) is 18.7 Å². The van der Waals surface area contributed by atoms with Gasteiger partial charge in [-0.15, -0.1) is 0 Å². The smallest absolute Gasteiger partial charge is 0.387 e. The Morgan fingerprint density at radius 2 is 2.17 bits per heavy atom. The van der Waals surface area contributed by atoms with E-state index in [1.165, 1.54) is 24.3 Å². The van der Waals surface area contributed by atoms with Crippen LogP contribution in [-0.2, 0) is 0 Å². The number of rotatable bonds is 7. The van der Waals surface area contributed by atoms with Crippen molar-refractivity contribution >= 4 is 5.91 Å². The van der Waals surface area contributed by atoms with Crippen LogP contribution in [0.15, 0.2) is 24.3 Å². The summed E-state index contributed by atoms with van der Waals surface area (Å²) in [6.45, 7) is -1.81. The molecule has 1 rings (SSSR count). The highest BCUT2D eigenvalue weighted by molar-refractivity contribution is 5.94. The Bertz CT molecular complexity index is 386. The molecular formula is C12H16F2N2O2. The molecular weight excluding hydrogens is 242 g/mol. The Hall–Kier alpha value is -1.69. The van der Waals surface area contributed by atoms with Gasteiger partial charge in [0.2, 0.25) is 0 Å². The average Bonchev–Trinajstić information content (AvgIpc) is 2.34. The summed E-state index contributed by atoms with van der Waals surface area (Å²) < 4.78 is 28.2. The van der Waals surface area contributed by atoms with Gasteiger partial charge in [0.1, 0.15) is 5.75 Å². The first-order valence-electron chi connectivity index (χ1n) is 5.66. The topological polar surface area (TPSA) is 64.3 Å². The zero-order chi connectivity index (χ0) is 13.4. The lowest BCUT2D eigenvalue weighted by atomic mass is 10.2. The number of carbonyl (C=O) groups excluding carboxylic acids is 1. The first-order chi connectivity index (χ1) is 8.63. The fraction of sp³-hybridized carbons (Fsp3) is 0.417. The molecule has 0 radical (unpaired) electrons. The van der Waals surface area contributed by atoms with Gasteiger partial charge in [-0.25, -0.2) is 0 Å². The minimum Gasteiger partial charge on any atom is -0.435 e. The quantitative estimate of drug-likeness (QED) is 0.732. The van der Waals surface area contributed by atoms with Crippen molar-refractivity contribution < 1.29 is 18.3 Å². The van der Waals surface area contributed by atoms with Crippen molar-refractivity contribution in [3.8, 4) is 5.75 Å². The fourth-order valence-electron chi connectivity index (χ4n) is 1.39. The van der Waals surface area contributed by atoms with Crippen LogP contribution in [0.4, 0.5) is 8.78 Å². The van der Waals surface area contributed by atoms with E-state index in [0.717, 1.165) is 12.8 Å². The van der Waals surface area contributed by atoms with Crippen LogP contribution >= 0.6 is 0 Å². The van der Waals surface area contributed by atoms with Crippen molar-refractivity contribution in [1.29, 1.82) is 0 Å². The lowest BCUT2D eigenvalue weighted by Crippen LogP contribution is -2.24. The maximum absolute atomic E-state index is 12.0. The predicted octanol–water partition coefficient (Wildman–Crippen LogP) is 1.76. The molecule has 0 aliphatic rings. The molecule has 0 unspecified atom stereocenters. The van der Waals surface area contributed by atoms with E-state index in [1.807, 2.05) is 0 Å². The third-order valence-electron chi connectivity index (χ3n) is 2.24. The fourth-order valence-corrected chi connectivity index (χ4v) is 1.39. The van der Waals surface area contributed by atoms with Gasteiger partial charge in [0.15, 0.2) is 0 Å². The lowest BCUT2D eigenvalue weighted by Gasteiger charge is -2.07. The molecule has 3 N–H and O–H groups in total. The summed E-state index contributed by atoms with van der Waals surface area (Å²) in [5.41, 5.74) is 5.61. The van der Waals surface area contributed by atoms with Crippen molar-refractivity contribution in [1.82, 2.24) is 5.32 Å². The van der Waals surface area contributed by atoms with E-state index in [1.54, 1.807) is 0 Å². The highest BCUT2D eigenvalue weighted by Crippen LogP contribution is 2.15. The number of amides is 1. The van der Waals surface area contributed by atoms with Crippen LogP contribution in [0.1, 0.15) is 23.2 Å². The van der Waals surface area contributed by atoms with Crippen LogP contribution in [0.2, 0.25) is 0 Å². The average molecular weight is 258 g/mol. The molecule has 0 saturated carbocycles. The van der Waals surface area contributed by atoms with Gasteiger partial charge in [-0.3, -0.25) is 4.79 Å². The van der Waals surface area contributed by atoms with Crippen LogP contribution in [-0.4, -0.2) is 25.6 Å². The number of carbonyl (C=O) groups is 1. The zero-order valence-corrected chi connectivity index (χ0v) is 9.86. The normalized spacial score (nSPS) is 10.4. The molecule has 18 heavy (non-hydrogen) atoms. The third kappa shape index (κ3) is 5.09. The summed E-state index contributed by atoms with van der Waals surface area (Å²) in [4.78, 5) is 11.7. The van der Waals surface area contributed by atoms with Crippen molar-refractivity contribution in [3.05, 3.63) is 29.8 Å². The number of nitrogens with two attached hydrogens (primary N) is 1. The molecule has 0 aliphatic heterocycles. The lowest BCUT2D eigenvalue weighted by molar-refractivity contribution is -0.0498. The van der Waals surface area contributed by atoms with Gasteiger partial charge in [-0.05, 0) is 37.6 Å². The van der Waals surface area contributed by atoms with Crippen LogP contribution in [0.5, 0.6) is 5.75 Å². The molecule has 1 aromatic carbocycles. The number of halogens is 2. The summed E-state index contributed by atoms with van der Waals surface area (Å²) in [7, 11) is 0. The minimum atomic E-state index is -2.90. The number of hydrogen-bond donors (Lipinski definition) is 2. The number of nitrogens with one attached hydrogen (secondary N) is 1. The number of unbranched alkanes of at least 4 members (excludes halogenated alkanes) is 1. The Labute approximate surface area is 104 Å². The largest absolute Gasteiger partial charge is 0.435 e. The molecule has 0 bridgehead atoms. The Kier molecular flexibility index (Phi) is 6.07. The van der Waals surface area contributed by atoms with E-state index < -0.39 is 6.61 Å². The van der Waals surface area contributed by atoms with Crippen LogP contribution < -0.4 is 15.8 Å². The minimum absolute atomic E-state index is 0.0281. The van der Waals surface area contributed by atoms with Crippen molar-refractivity contribution in [2.24, 2.45) is 5.73 Å². The summed E-state index contributed by atoms with van der Waals surface area (Å²) >= 11 is 0. The summed E-state index contributed by atoms with van der Waals surface area (Å²) in [6.07, 6.45) is 1.62. The maximum atomic E-state index is 12.0. The first kappa shape index (κ1) is 14.4. The SMILES string of the molecule is NCCCCNC(=O)c1cccc(OC(F)F)c1. The maximum Gasteiger partial charge on any atom is 0.387 e. The van der Waals surface area contributed by atoms with Crippen LogP contribution in [0, 0.1) is 0 Å². The molecule has 1 amide bonds. The standard InChI is InChI=1S/C12H16F2N2O2/c13-12(14)18-10-5-3-4-9(8-10)11(17)16-7-2-1-6-15/h3-5,8,12H,1-2,6-7,15H2,(H,16,17). The number of ether oxygens (including phenoxy) is 1. The van der Waals surface area contributed by atoms with Gasteiger partial charge >= 0.3 is 6.61 Å². The Balaban J connectivity index is 2.51. The second-order valence-corrected chi connectivity index (χ2v) is 3.66. The van der Waals surface area contributed by atoms with Crippen molar-refractivity contribution in [2.75, 3.05) is 13.1 Å². The molecule has 1 aromatic rings. The van der Waals surface area contributed by atoms with E-state index in [4.69, 9.17) is 5.73 Å². The highest BCUT2D eigenvalue weighted by Gasteiger charge is 2.08. The molecule has 0 aromatic heterocycles. The van der Waals surface area contributed by atoms with Crippen LogP contribution in [0.3, 0.4) is 0 Å². The zero-order valence-electron chi connectivity index (χ0n) is 9.86. The van der Waals surface area contributed by atoms with Crippen LogP contribution in [0.25, 0.3) is 0 Å². The van der Waals surface area contributed by atoms with E-state index in [2.05, 4.69) is 10.1 Å². The Morgan fingerprint density at radius 3 is 2.83 bits per heavy atom. The summed E-state index contributed by atoms with van der Waals surface area (Å²) in [5, 5.41) is 2.68. The number of hydrogen-bond acceptors (Lipinski definition) is 3. The van der Waals surface area contributed by atoms with Gasteiger partial charge in [0, 0.05) is 12.1 Å². The van der Waals surface area contributed by atoms with Gasteiger partial charge in [-0.1, -0.05) is 6.07 Å². The molecule has 100 valence electrons. The molecule has 4 nitrogen and oxygen atoms in total. The molecule has 6 heteroatoms. The monoisotopic (exact) mass is 258 g/mol. The van der Waals surface area contributed by atoms with Crippen molar-refractivity contribution in [2.45, 2.75) is 19.5 Å². The van der Waals surface area contributed by atoms with Crippen molar-refractivity contribution in [3.63, 3.8) is 0 Å². The molecule has 0 heterocycles. The number of alkyl halides is 2. The van der Waals surface area contributed by atoms with E-state index in [-0.39, 0.29) is 11.7 Å². The van der Waals surface area contributed by atoms with Gasteiger partial charge in [-0.2, -0.15) is 8.78 Å². The van der Waals surface area contributed by atoms with Gasteiger partial charge in [0.05, 0.1) is 0 Å². The third-order valence-corrected chi connectivity index (χ3v) is 2.24. The molecule has 0 aliphatic carbocycles. The highest BCUT2D eigenvalue weighted by atomic mass is 19.3. The van der Waals surface area contributed by atoms with E-state index >= 15 is 0 Å². The van der Waals surface area contributed by atoms with Gasteiger partial charge in [0.25, 0.3) is 5.91 Å². The Morgan fingerprint density at radius 1 is 1.39 bits per heavy atom. The second kappa shape index (κ2) is 7.60.